The first-order valence-corrected chi connectivity index (χ1v) is 8.17. The molecule has 4 nitrogen and oxygen atoms in total. The number of hydrogen-bond donors (Lipinski definition) is 2. The van der Waals surface area contributed by atoms with Crippen molar-refractivity contribution < 1.29 is 4.79 Å². The Bertz CT molecular complexity index is 541. The zero-order chi connectivity index (χ0) is 15.5. The predicted molar refractivity (Wildman–Crippen MR) is 93.3 cm³/mol. The Morgan fingerprint density at radius 1 is 1.43 bits per heavy atom. The molecule has 21 heavy (non-hydrogen) atoms. The molecule has 114 valence electrons. The second kappa shape index (κ2) is 6.85. The number of halogens is 1. The molecule has 0 unspecified atom stereocenters. The Kier molecular flexibility index (Phi) is 5.35. The highest BCUT2D eigenvalue weighted by molar-refractivity contribution is 9.10. The number of thiocarbonyl (C=S) groups is 1. The Morgan fingerprint density at radius 3 is 2.62 bits per heavy atom. The number of carbonyl (C=O) groups is 1. The van der Waals surface area contributed by atoms with Gasteiger partial charge >= 0.3 is 0 Å². The number of nitrogens with two attached hydrogens (primary N) is 1. The van der Waals surface area contributed by atoms with Gasteiger partial charge in [0.05, 0.1) is 17.2 Å². The highest BCUT2D eigenvalue weighted by Gasteiger charge is 2.33. The number of piperidine rings is 1. The van der Waals surface area contributed by atoms with E-state index in [1.807, 2.05) is 24.3 Å². The third kappa shape index (κ3) is 4.25. The van der Waals surface area contributed by atoms with Crippen molar-refractivity contribution in [2.75, 3.05) is 25.0 Å². The molecule has 0 spiro atoms. The van der Waals surface area contributed by atoms with E-state index in [-0.39, 0.29) is 11.3 Å². The molecule has 1 aliphatic heterocycles. The first-order valence-electron chi connectivity index (χ1n) is 6.97. The number of hydrogen-bond acceptors (Lipinski definition) is 3. The van der Waals surface area contributed by atoms with Crippen LogP contribution in [0.1, 0.15) is 19.8 Å². The van der Waals surface area contributed by atoms with Crippen LogP contribution in [0.15, 0.2) is 28.7 Å². The Hall–Kier alpha value is -0.980. The van der Waals surface area contributed by atoms with E-state index < -0.39 is 0 Å². The third-order valence-corrected chi connectivity index (χ3v) is 5.25. The molecule has 1 fully saturated rings. The van der Waals surface area contributed by atoms with E-state index in [0.717, 1.165) is 36.1 Å². The first kappa shape index (κ1) is 16.4. The van der Waals surface area contributed by atoms with Gasteiger partial charge in [0.15, 0.2) is 0 Å². The second-order valence-electron chi connectivity index (χ2n) is 5.73. The number of nitrogens with zero attached hydrogens (tertiary/aromatic N) is 1. The molecule has 0 saturated carbocycles. The van der Waals surface area contributed by atoms with E-state index in [1.54, 1.807) is 0 Å². The van der Waals surface area contributed by atoms with Gasteiger partial charge in [0.1, 0.15) is 0 Å². The number of para-hydroxylation sites is 1. The van der Waals surface area contributed by atoms with Gasteiger partial charge < -0.3 is 11.1 Å². The van der Waals surface area contributed by atoms with Crippen LogP contribution in [0, 0.1) is 5.41 Å². The molecule has 0 bridgehead atoms. The van der Waals surface area contributed by atoms with Crippen LogP contribution in [-0.2, 0) is 4.79 Å². The van der Waals surface area contributed by atoms with Crippen LogP contribution >= 0.6 is 28.1 Å². The minimum absolute atomic E-state index is 0.000767. The highest BCUT2D eigenvalue weighted by Crippen LogP contribution is 2.31. The third-order valence-electron chi connectivity index (χ3n) is 4.07. The summed E-state index contributed by atoms with van der Waals surface area (Å²) in [5.74, 6) is 0.000767. The molecule has 0 atom stereocenters. The lowest BCUT2D eigenvalue weighted by molar-refractivity contribution is -0.117. The standard InChI is InChI=1S/C15H20BrN3OS/c1-15(14(17)21)6-8-19(9-7-15)10-13(20)18-12-5-3-2-4-11(12)16/h2-5H,6-10H2,1H3,(H2,17,21)(H,18,20). The maximum Gasteiger partial charge on any atom is 0.238 e. The number of likely N-dealkylation sites (tertiary alicyclic amines) is 1. The Morgan fingerprint density at radius 2 is 2.05 bits per heavy atom. The molecule has 1 aromatic carbocycles. The molecule has 3 N–H and O–H groups in total. The summed E-state index contributed by atoms with van der Waals surface area (Å²) in [6, 6.07) is 7.60. The van der Waals surface area contributed by atoms with Crippen LogP contribution in [0.25, 0.3) is 0 Å². The van der Waals surface area contributed by atoms with Crippen LogP contribution < -0.4 is 11.1 Å². The minimum atomic E-state index is -0.0647. The van der Waals surface area contributed by atoms with Crippen molar-refractivity contribution in [1.29, 1.82) is 0 Å². The van der Waals surface area contributed by atoms with Crippen molar-refractivity contribution in [2.45, 2.75) is 19.8 Å². The van der Waals surface area contributed by atoms with Gasteiger partial charge in [-0.2, -0.15) is 0 Å². The fourth-order valence-electron chi connectivity index (χ4n) is 2.41. The molecule has 1 saturated heterocycles. The molecule has 2 rings (SSSR count). The van der Waals surface area contributed by atoms with E-state index in [4.69, 9.17) is 18.0 Å². The summed E-state index contributed by atoms with van der Waals surface area (Å²) in [5.41, 5.74) is 6.53. The van der Waals surface area contributed by atoms with Gasteiger partial charge in [0.25, 0.3) is 0 Å². The molecule has 1 amide bonds. The lowest BCUT2D eigenvalue weighted by Crippen LogP contribution is -2.46. The van der Waals surface area contributed by atoms with Crippen LogP contribution in [0.4, 0.5) is 5.69 Å². The van der Waals surface area contributed by atoms with Gasteiger partial charge in [-0.3, -0.25) is 9.69 Å². The van der Waals surface area contributed by atoms with Crippen molar-refractivity contribution in [2.24, 2.45) is 11.1 Å². The number of amides is 1. The van der Waals surface area contributed by atoms with Crippen molar-refractivity contribution in [3.05, 3.63) is 28.7 Å². The Labute approximate surface area is 139 Å². The second-order valence-corrected chi connectivity index (χ2v) is 7.02. The van der Waals surface area contributed by atoms with E-state index in [2.05, 4.69) is 33.1 Å². The number of anilines is 1. The van der Waals surface area contributed by atoms with E-state index >= 15 is 0 Å². The minimum Gasteiger partial charge on any atom is -0.393 e. The van der Waals surface area contributed by atoms with Gasteiger partial charge in [0, 0.05) is 9.89 Å². The lowest BCUT2D eigenvalue weighted by atomic mass is 9.80. The van der Waals surface area contributed by atoms with Gasteiger partial charge in [-0.25, -0.2) is 0 Å². The van der Waals surface area contributed by atoms with Gasteiger partial charge in [-0.1, -0.05) is 31.3 Å². The largest absolute Gasteiger partial charge is 0.393 e. The summed E-state index contributed by atoms with van der Waals surface area (Å²) in [7, 11) is 0. The summed E-state index contributed by atoms with van der Waals surface area (Å²) in [5, 5.41) is 2.92. The molecular weight excluding hydrogens is 350 g/mol. The fraction of sp³-hybridized carbons (Fsp3) is 0.467. The van der Waals surface area contributed by atoms with Crippen LogP contribution in [0.3, 0.4) is 0 Å². The summed E-state index contributed by atoms with van der Waals surface area (Å²) >= 11 is 8.56. The average Bonchev–Trinajstić information content (AvgIpc) is 2.44. The van der Waals surface area contributed by atoms with Crippen LogP contribution in [-0.4, -0.2) is 35.4 Å². The van der Waals surface area contributed by atoms with Crippen molar-refractivity contribution >= 4 is 44.7 Å². The van der Waals surface area contributed by atoms with Gasteiger partial charge in [0.2, 0.25) is 5.91 Å². The monoisotopic (exact) mass is 369 g/mol. The Balaban J connectivity index is 1.85. The average molecular weight is 370 g/mol. The molecule has 0 aromatic heterocycles. The lowest BCUT2D eigenvalue weighted by Gasteiger charge is -2.38. The summed E-state index contributed by atoms with van der Waals surface area (Å²) in [6.07, 6.45) is 1.81. The maximum atomic E-state index is 12.1. The molecule has 0 aliphatic carbocycles. The molecule has 6 heteroatoms. The maximum absolute atomic E-state index is 12.1. The topological polar surface area (TPSA) is 58.4 Å². The summed E-state index contributed by atoms with van der Waals surface area (Å²) in [4.78, 5) is 14.8. The number of carbonyl (C=O) groups excluding carboxylic acids is 1. The van der Waals surface area contributed by atoms with Crippen LogP contribution in [0.5, 0.6) is 0 Å². The highest BCUT2D eigenvalue weighted by atomic mass is 79.9. The van der Waals surface area contributed by atoms with Gasteiger partial charge in [-0.05, 0) is 54.0 Å². The molecule has 1 heterocycles. The zero-order valence-corrected chi connectivity index (χ0v) is 14.5. The number of benzene rings is 1. The van der Waals surface area contributed by atoms with Gasteiger partial charge in [-0.15, -0.1) is 0 Å². The van der Waals surface area contributed by atoms with Crippen molar-refractivity contribution in [3.8, 4) is 0 Å². The van der Waals surface area contributed by atoms with E-state index in [0.29, 0.717) is 11.5 Å². The normalized spacial score (nSPS) is 18.2. The molecule has 1 aliphatic rings. The van der Waals surface area contributed by atoms with E-state index in [9.17, 15) is 4.79 Å². The quantitative estimate of drug-likeness (QED) is 0.801. The fourth-order valence-corrected chi connectivity index (χ4v) is 2.99. The number of rotatable bonds is 4. The molecule has 0 radical (unpaired) electrons. The van der Waals surface area contributed by atoms with Crippen molar-refractivity contribution in [1.82, 2.24) is 4.90 Å². The first-order chi connectivity index (χ1) is 9.90. The summed E-state index contributed by atoms with van der Waals surface area (Å²) < 4.78 is 0.887. The zero-order valence-electron chi connectivity index (χ0n) is 12.1. The van der Waals surface area contributed by atoms with Crippen molar-refractivity contribution in [3.63, 3.8) is 0 Å². The molecular formula is C15H20BrN3OS. The van der Waals surface area contributed by atoms with E-state index in [1.165, 1.54) is 0 Å². The number of nitrogens with one attached hydrogen (secondary N) is 1. The summed E-state index contributed by atoms with van der Waals surface area (Å²) in [6.45, 7) is 4.19. The SMILES string of the molecule is CC1(C(N)=S)CCN(CC(=O)Nc2ccccc2Br)CC1. The smallest absolute Gasteiger partial charge is 0.238 e. The van der Waals surface area contributed by atoms with Crippen LogP contribution in [0.2, 0.25) is 0 Å². The predicted octanol–water partition coefficient (Wildman–Crippen LogP) is 2.78. The molecule has 1 aromatic rings.